The third-order valence-corrected chi connectivity index (χ3v) is 4.06. The lowest BCUT2D eigenvalue weighted by molar-refractivity contribution is 0.102. The first kappa shape index (κ1) is 15.1. The van der Waals surface area contributed by atoms with Gasteiger partial charge in [0.2, 0.25) is 0 Å². The summed E-state index contributed by atoms with van der Waals surface area (Å²) < 4.78 is 0. The Morgan fingerprint density at radius 3 is 2.36 bits per heavy atom. The minimum atomic E-state index is -0.110. The summed E-state index contributed by atoms with van der Waals surface area (Å²) in [6.45, 7) is 0. The minimum Gasteiger partial charge on any atom is -0.342 e. The van der Waals surface area contributed by atoms with E-state index in [0.717, 1.165) is 28.1 Å². The maximum atomic E-state index is 12.3. The number of hydrogen-bond acceptors (Lipinski definition) is 2. The number of hydrogen-bond donors (Lipinski definition) is 2. The molecular weight excluding hydrogens is 310 g/mol. The monoisotopic (exact) mass is 327 g/mol. The fourth-order valence-electron chi connectivity index (χ4n) is 2.78. The molecule has 0 atom stereocenters. The zero-order chi connectivity index (χ0) is 17.1. The Labute approximate surface area is 145 Å². The predicted octanol–water partition coefficient (Wildman–Crippen LogP) is 4.41. The molecule has 4 heteroatoms. The summed E-state index contributed by atoms with van der Waals surface area (Å²) in [7, 11) is 0. The Morgan fingerprint density at radius 1 is 0.880 bits per heavy atom. The summed E-state index contributed by atoms with van der Waals surface area (Å²) in [4.78, 5) is 20.2. The summed E-state index contributed by atoms with van der Waals surface area (Å²) in [5, 5.41) is 2.89. The number of carbonyl (C=O) groups excluding carboxylic acids is 1. The van der Waals surface area contributed by atoms with Crippen molar-refractivity contribution in [3.05, 3.63) is 95.8 Å². The van der Waals surface area contributed by atoms with E-state index in [-0.39, 0.29) is 5.91 Å². The topological polar surface area (TPSA) is 57.8 Å². The lowest BCUT2D eigenvalue weighted by Gasteiger charge is -2.06. The smallest absolute Gasteiger partial charge is 0.255 e. The molecule has 0 bridgehead atoms. The number of amides is 1. The van der Waals surface area contributed by atoms with Crippen LogP contribution in [0.5, 0.6) is 0 Å². The van der Waals surface area contributed by atoms with Gasteiger partial charge in [0.15, 0.2) is 0 Å². The van der Waals surface area contributed by atoms with Crippen LogP contribution >= 0.6 is 0 Å². The Hall–Kier alpha value is -3.40. The van der Waals surface area contributed by atoms with E-state index in [0.29, 0.717) is 12.0 Å². The molecule has 3 aromatic carbocycles. The molecule has 0 radical (unpaired) electrons. The average molecular weight is 327 g/mol. The SMILES string of the molecule is O=C(Nc1ccccc1)c1ccc(Cc2nc3ccccc3[nH]2)cc1. The van der Waals surface area contributed by atoms with Crippen molar-refractivity contribution in [3.8, 4) is 0 Å². The summed E-state index contributed by atoms with van der Waals surface area (Å²) in [6, 6.07) is 25.0. The zero-order valence-electron chi connectivity index (χ0n) is 13.6. The second kappa shape index (κ2) is 6.61. The molecule has 0 unspecified atom stereocenters. The van der Waals surface area contributed by atoms with Crippen molar-refractivity contribution in [1.82, 2.24) is 9.97 Å². The molecule has 0 aliphatic carbocycles. The summed E-state index contributed by atoms with van der Waals surface area (Å²) >= 11 is 0. The highest BCUT2D eigenvalue weighted by Crippen LogP contribution is 2.15. The van der Waals surface area contributed by atoms with E-state index in [1.54, 1.807) is 0 Å². The maximum Gasteiger partial charge on any atom is 0.255 e. The summed E-state index contributed by atoms with van der Waals surface area (Å²) in [5.41, 5.74) is 4.54. The first-order valence-corrected chi connectivity index (χ1v) is 8.17. The van der Waals surface area contributed by atoms with Crippen LogP contribution in [-0.2, 0) is 6.42 Å². The van der Waals surface area contributed by atoms with Crippen LogP contribution in [0.4, 0.5) is 5.69 Å². The van der Waals surface area contributed by atoms with Crippen LogP contribution in [0.2, 0.25) is 0 Å². The molecule has 0 spiro atoms. The standard InChI is InChI=1S/C21H17N3O/c25-21(22-17-6-2-1-3-7-17)16-12-10-15(11-13-16)14-20-23-18-8-4-5-9-19(18)24-20/h1-13H,14H2,(H,22,25)(H,23,24). The Kier molecular flexibility index (Phi) is 4.01. The van der Waals surface area contributed by atoms with Gasteiger partial charge in [0.05, 0.1) is 11.0 Å². The Balaban J connectivity index is 1.47. The van der Waals surface area contributed by atoms with Gasteiger partial charge in [-0.1, -0.05) is 42.5 Å². The molecule has 25 heavy (non-hydrogen) atoms. The van der Waals surface area contributed by atoms with Crippen molar-refractivity contribution in [1.29, 1.82) is 0 Å². The fourth-order valence-corrected chi connectivity index (χ4v) is 2.78. The maximum absolute atomic E-state index is 12.3. The van der Waals surface area contributed by atoms with Crippen LogP contribution in [0.1, 0.15) is 21.7 Å². The molecular formula is C21H17N3O. The molecule has 0 saturated heterocycles. The number of H-pyrrole nitrogens is 1. The van der Waals surface area contributed by atoms with Gasteiger partial charge in [0.25, 0.3) is 5.91 Å². The quantitative estimate of drug-likeness (QED) is 0.583. The van der Waals surface area contributed by atoms with Crippen LogP contribution in [0, 0.1) is 0 Å². The number of rotatable bonds is 4. The molecule has 1 amide bonds. The van der Waals surface area contributed by atoms with Gasteiger partial charge in [-0.2, -0.15) is 0 Å². The van der Waals surface area contributed by atoms with Gasteiger partial charge < -0.3 is 10.3 Å². The van der Waals surface area contributed by atoms with E-state index < -0.39 is 0 Å². The number of aromatic nitrogens is 2. The van der Waals surface area contributed by atoms with Gasteiger partial charge in [0.1, 0.15) is 5.82 Å². The van der Waals surface area contributed by atoms with E-state index >= 15 is 0 Å². The number of nitrogens with zero attached hydrogens (tertiary/aromatic N) is 1. The molecule has 0 saturated carbocycles. The Morgan fingerprint density at radius 2 is 1.60 bits per heavy atom. The van der Waals surface area contributed by atoms with E-state index in [9.17, 15) is 4.79 Å². The highest BCUT2D eigenvalue weighted by atomic mass is 16.1. The predicted molar refractivity (Wildman–Crippen MR) is 99.7 cm³/mol. The van der Waals surface area contributed by atoms with Crippen molar-refractivity contribution < 1.29 is 4.79 Å². The largest absolute Gasteiger partial charge is 0.342 e. The zero-order valence-corrected chi connectivity index (χ0v) is 13.6. The molecule has 122 valence electrons. The van der Waals surface area contributed by atoms with Gasteiger partial charge >= 0.3 is 0 Å². The van der Waals surface area contributed by atoms with Crippen LogP contribution in [0.25, 0.3) is 11.0 Å². The second-order valence-corrected chi connectivity index (χ2v) is 5.89. The lowest BCUT2D eigenvalue weighted by Crippen LogP contribution is -2.11. The highest BCUT2D eigenvalue weighted by Gasteiger charge is 2.07. The number of nitrogens with one attached hydrogen (secondary N) is 2. The average Bonchev–Trinajstić information content (AvgIpc) is 3.05. The first-order chi connectivity index (χ1) is 12.3. The number of anilines is 1. The third-order valence-electron chi connectivity index (χ3n) is 4.06. The lowest BCUT2D eigenvalue weighted by atomic mass is 10.1. The first-order valence-electron chi connectivity index (χ1n) is 8.17. The van der Waals surface area contributed by atoms with Crippen molar-refractivity contribution in [2.75, 3.05) is 5.32 Å². The summed E-state index contributed by atoms with van der Waals surface area (Å²) in [6.07, 6.45) is 0.704. The fraction of sp³-hybridized carbons (Fsp3) is 0.0476. The Bertz CT molecular complexity index is 971. The second-order valence-electron chi connectivity index (χ2n) is 5.89. The van der Waals surface area contributed by atoms with E-state index in [4.69, 9.17) is 0 Å². The molecule has 0 aliphatic heterocycles. The number of para-hydroxylation sites is 3. The number of benzene rings is 3. The van der Waals surface area contributed by atoms with Crippen LogP contribution in [0.15, 0.2) is 78.9 Å². The van der Waals surface area contributed by atoms with Crippen LogP contribution in [-0.4, -0.2) is 15.9 Å². The number of carbonyl (C=O) groups is 1. The minimum absolute atomic E-state index is 0.110. The molecule has 1 aromatic heterocycles. The van der Waals surface area contributed by atoms with Gasteiger partial charge in [0, 0.05) is 17.7 Å². The number of aromatic amines is 1. The molecule has 2 N–H and O–H groups in total. The highest BCUT2D eigenvalue weighted by molar-refractivity contribution is 6.04. The van der Waals surface area contributed by atoms with Gasteiger partial charge in [-0.3, -0.25) is 4.79 Å². The van der Waals surface area contributed by atoms with Crippen molar-refractivity contribution in [2.24, 2.45) is 0 Å². The van der Waals surface area contributed by atoms with Crippen molar-refractivity contribution in [2.45, 2.75) is 6.42 Å². The number of imidazole rings is 1. The van der Waals surface area contributed by atoms with Crippen LogP contribution < -0.4 is 5.32 Å². The molecule has 0 fully saturated rings. The molecule has 4 rings (SSSR count). The molecule has 0 aliphatic rings. The normalized spacial score (nSPS) is 10.7. The molecule has 4 nitrogen and oxygen atoms in total. The van der Waals surface area contributed by atoms with E-state index in [2.05, 4.69) is 15.3 Å². The van der Waals surface area contributed by atoms with Crippen molar-refractivity contribution in [3.63, 3.8) is 0 Å². The van der Waals surface area contributed by atoms with E-state index in [1.807, 2.05) is 78.9 Å². The number of fused-ring (bicyclic) bond motifs is 1. The van der Waals surface area contributed by atoms with Gasteiger partial charge in [-0.15, -0.1) is 0 Å². The van der Waals surface area contributed by atoms with Gasteiger partial charge in [-0.25, -0.2) is 4.98 Å². The third kappa shape index (κ3) is 3.43. The van der Waals surface area contributed by atoms with E-state index in [1.165, 1.54) is 0 Å². The molecule has 1 heterocycles. The van der Waals surface area contributed by atoms with Crippen molar-refractivity contribution >= 4 is 22.6 Å². The van der Waals surface area contributed by atoms with Crippen LogP contribution in [0.3, 0.4) is 0 Å². The molecule has 4 aromatic rings. The summed E-state index contributed by atoms with van der Waals surface area (Å²) in [5.74, 6) is 0.809. The van der Waals surface area contributed by atoms with Gasteiger partial charge in [-0.05, 0) is 42.0 Å².